The number of unbranched alkanes of at least 4 members (excludes halogenated alkanes) is 1. The second-order valence-corrected chi connectivity index (χ2v) is 7.99. The number of aryl methyl sites for hydroxylation is 2. The Morgan fingerprint density at radius 2 is 1.69 bits per heavy atom. The number of halogens is 3. The molecule has 0 aliphatic carbocycles. The molecule has 1 aliphatic heterocycles. The first-order valence-corrected chi connectivity index (χ1v) is 10.6. The number of benzene rings is 2. The number of hydrogen-bond acceptors (Lipinski definition) is 2. The molecule has 29 heavy (non-hydrogen) atoms. The maximum absolute atomic E-state index is 13.0. The second kappa shape index (κ2) is 9.66. The van der Waals surface area contributed by atoms with Crippen LogP contribution in [0.4, 0.5) is 18.9 Å². The van der Waals surface area contributed by atoms with Crippen LogP contribution in [0.15, 0.2) is 42.5 Å². The zero-order valence-corrected chi connectivity index (χ0v) is 17.4. The first-order chi connectivity index (χ1) is 13.9. The monoisotopic (exact) mass is 404 g/mol. The molecular formula is C24H31F3N2. The topological polar surface area (TPSA) is 6.48 Å². The van der Waals surface area contributed by atoms with E-state index in [-0.39, 0.29) is 0 Å². The number of piperazine rings is 1. The molecule has 0 aromatic heterocycles. The molecule has 0 N–H and O–H groups in total. The van der Waals surface area contributed by atoms with Gasteiger partial charge in [0.25, 0.3) is 0 Å². The van der Waals surface area contributed by atoms with Crippen molar-refractivity contribution in [2.75, 3.05) is 37.6 Å². The molecule has 0 unspecified atom stereocenters. The van der Waals surface area contributed by atoms with Crippen molar-refractivity contribution in [2.24, 2.45) is 0 Å². The Labute approximate surface area is 172 Å². The van der Waals surface area contributed by atoms with E-state index in [0.29, 0.717) is 5.69 Å². The molecule has 158 valence electrons. The van der Waals surface area contributed by atoms with Crippen LogP contribution < -0.4 is 4.90 Å². The van der Waals surface area contributed by atoms with Gasteiger partial charge in [0, 0.05) is 38.4 Å². The number of anilines is 1. The molecule has 5 heteroatoms. The molecule has 0 amide bonds. The Hall–Kier alpha value is -2.01. The minimum Gasteiger partial charge on any atom is -0.369 e. The van der Waals surface area contributed by atoms with Crippen molar-refractivity contribution >= 4 is 5.69 Å². The van der Waals surface area contributed by atoms with Crippen molar-refractivity contribution < 1.29 is 13.2 Å². The first-order valence-electron chi connectivity index (χ1n) is 10.6. The van der Waals surface area contributed by atoms with Crippen LogP contribution in [-0.2, 0) is 19.0 Å². The van der Waals surface area contributed by atoms with Gasteiger partial charge in [-0.1, -0.05) is 37.6 Å². The summed E-state index contributed by atoms with van der Waals surface area (Å²) in [6.07, 6.45) is 0.304. The molecule has 1 fully saturated rings. The average Bonchev–Trinajstić information content (AvgIpc) is 2.72. The lowest BCUT2D eigenvalue weighted by Gasteiger charge is -2.36. The van der Waals surface area contributed by atoms with Crippen molar-refractivity contribution in [1.29, 1.82) is 0 Å². The van der Waals surface area contributed by atoms with Gasteiger partial charge in [-0.3, -0.25) is 4.90 Å². The molecular weight excluding hydrogens is 373 g/mol. The highest BCUT2D eigenvalue weighted by atomic mass is 19.4. The van der Waals surface area contributed by atoms with Gasteiger partial charge in [-0.2, -0.15) is 13.2 Å². The van der Waals surface area contributed by atoms with Crippen molar-refractivity contribution in [2.45, 2.75) is 45.7 Å². The Morgan fingerprint density at radius 1 is 0.931 bits per heavy atom. The number of hydrogen-bond donors (Lipinski definition) is 0. The highest BCUT2D eigenvalue weighted by molar-refractivity contribution is 5.49. The fourth-order valence-electron chi connectivity index (χ4n) is 3.91. The number of rotatable bonds is 7. The molecule has 0 radical (unpaired) electrons. The largest absolute Gasteiger partial charge is 0.416 e. The summed E-state index contributed by atoms with van der Waals surface area (Å²) < 4.78 is 38.9. The highest BCUT2D eigenvalue weighted by Crippen LogP contribution is 2.31. The molecule has 1 heterocycles. The first kappa shape index (κ1) is 21.7. The third-order valence-corrected chi connectivity index (χ3v) is 5.84. The van der Waals surface area contributed by atoms with Crippen LogP contribution in [0.1, 0.15) is 42.0 Å². The Kier molecular flexibility index (Phi) is 7.23. The quantitative estimate of drug-likeness (QED) is 0.582. The molecule has 0 bridgehead atoms. The third-order valence-electron chi connectivity index (χ3n) is 5.84. The summed E-state index contributed by atoms with van der Waals surface area (Å²) in [5, 5.41) is 0. The van der Waals surface area contributed by atoms with Crippen LogP contribution in [0.3, 0.4) is 0 Å². The van der Waals surface area contributed by atoms with Gasteiger partial charge in [0.2, 0.25) is 0 Å². The highest BCUT2D eigenvalue weighted by Gasteiger charge is 2.31. The molecule has 0 saturated carbocycles. The van der Waals surface area contributed by atoms with Gasteiger partial charge in [0.1, 0.15) is 0 Å². The van der Waals surface area contributed by atoms with E-state index in [9.17, 15) is 13.2 Å². The summed E-state index contributed by atoms with van der Waals surface area (Å²) in [7, 11) is 0. The number of alkyl halides is 3. The van der Waals surface area contributed by atoms with Crippen molar-refractivity contribution in [3.63, 3.8) is 0 Å². The minimum absolute atomic E-state index is 0.573. The summed E-state index contributed by atoms with van der Waals surface area (Å²) in [5.41, 5.74) is 4.30. The summed E-state index contributed by atoms with van der Waals surface area (Å²) in [5.74, 6) is 0. The number of nitrogens with zero attached hydrogens (tertiary/aromatic N) is 2. The predicted molar refractivity (Wildman–Crippen MR) is 114 cm³/mol. The van der Waals surface area contributed by atoms with Crippen LogP contribution in [0, 0.1) is 6.92 Å². The van der Waals surface area contributed by atoms with E-state index in [4.69, 9.17) is 0 Å². The fraction of sp³-hybridized carbons (Fsp3) is 0.500. The standard InChI is InChI=1S/C24H31F3N2/c1-3-4-6-21-17-20(10-9-19(21)2)11-12-28-13-15-29(16-14-28)23-8-5-7-22(18-23)24(25,26)27/h5,7-10,17-18H,3-4,6,11-16H2,1-2H3. The van der Waals surface area contributed by atoms with E-state index in [1.807, 2.05) is 0 Å². The van der Waals surface area contributed by atoms with E-state index >= 15 is 0 Å². The molecule has 3 rings (SSSR count). The van der Waals surface area contributed by atoms with Crippen LogP contribution in [0.5, 0.6) is 0 Å². The maximum atomic E-state index is 13.0. The molecule has 2 nitrogen and oxygen atoms in total. The van der Waals surface area contributed by atoms with Gasteiger partial charge >= 0.3 is 6.18 Å². The SMILES string of the molecule is CCCCc1cc(CCN2CCN(c3cccc(C(F)(F)F)c3)CC2)ccc1C. The lowest BCUT2D eigenvalue weighted by molar-refractivity contribution is -0.137. The summed E-state index contributed by atoms with van der Waals surface area (Å²) in [6, 6.07) is 12.5. The van der Waals surface area contributed by atoms with E-state index in [0.717, 1.165) is 51.6 Å². The molecule has 0 spiro atoms. The van der Waals surface area contributed by atoms with Crippen molar-refractivity contribution in [3.8, 4) is 0 Å². The maximum Gasteiger partial charge on any atom is 0.416 e. The second-order valence-electron chi connectivity index (χ2n) is 7.99. The summed E-state index contributed by atoms with van der Waals surface area (Å²) in [6.45, 7) is 8.68. The smallest absolute Gasteiger partial charge is 0.369 e. The Morgan fingerprint density at radius 3 is 2.38 bits per heavy atom. The van der Waals surface area contributed by atoms with Gasteiger partial charge in [0.05, 0.1) is 5.56 Å². The molecule has 0 atom stereocenters. The Bertz CT molecular complexity index is 793. The van der Waals surface area contributed by atoms with Gasteiger partial charge in [-0.15, -0.1) is 0 Å². The predicted octanol–water partition coefficient (Wildman–Crippen LogP) is 5.72. The fourth-order valence-corrected chi connectivity index (χ4v) is 3.91. The molecule has 1 saturated heterocycles. The van der Waals surface area contributed by atoms with E-state index in [1.54, 1.807) is 6.07 Å². The van der Waals surface area contributed by atoms with Crippen molar-refractivity contribution in [1.82, 2.24) is 4.90 Å². The summed E-state index contributed by atoms with van der Waals surface area (Å²) >= 11 is 0. The van der Waals surface area contributed by atoms with Gasteiger partial charge in [-0.25, -0.2) is 0 Å². The molecule has 1 aliphatic rings. The third kappa shape index (κ3) is 5.99. The minimum atomic E-state index is -4.29. The zero-order valence-electron chi connectivity index (χ0n) is 17.4. The van der Waals surface area contributed by atoms with Crippen LogP contribution in [-0.4, -0.2) is 37.6 Å². The van der Waals surface area contributed by atoms with Crippen LogP contribution in [0.25, 0.3) is 0 Å². The van der Waals surface area contributed by atoms with E-state index in [2.05, 4.69) is 41.8 Å². The molecule has 2 aromatic carbocycles. The van der Waals surface area contributed by atoms with Crippen molar-refractivity contribution in [3.05, 3.63) is 64.7 Å². The van der Waals surface area contributed by atoms with Gasteiger partial charge in [0.15, 0.2) is 0 Å². The zero-order chi connectivity index (χ0) is 20.9. The average molecular weight is 405 g/mol. The Balaban J connectivity index is 1.52. The van der Waals surface area contributed by atoms with Gasteiger partial charge in [-0.05, 0) is 61.1 Å². The van der Waals surface area contributed by atoms with Crippen LogP contribution in [0.2, 0.25) is 0 Å². The normalized spacial score (nSPS) is 15.7. The van der Waals surface area contributed by atoms with Gasteiger partial charge < -0.3 is 4.90 Å². The summed E-state index contributed by atoms with van der Waals surface area (Å²) in [4.78, 5) is 4.47. The van der Waals surface area contributed by atoms with Crippen LogP contribution >= 0.6 is 0 Å². The van der Waals surface area contributed by atoms with E-state index in [1.165, 1.54) is 41.7 Å². The lowest BCUT2D eigenvalue weighted by Crippen LogP contribution is -2.47. The molecule has 2 aromatic rings. The van der Waals surface area contributed by atoms with E-state index < -0.39 is 11.7 Å². The lowest BCUT2D eigenvalue weighted by atomic mass is 9.99.